The van der Waals surface area contributed by atoms with E-state index in [1.807, 2.05) is 0 Å². The minimum Gasteiger partial charge on any atom is -0.406 e. The molecule has 1 unspecified atom stereocenters. The maximum absolute atomic E-state index is 12.0. The Bertz CT molecular complexity index is 390. The van der Waals surface area contributed by atoms with E-state index in [2.05, 4.69) is 23.9 Å². The van der Waals surface area contributed by atoms with Crippen LogP contribution in [0.3, 0.4) is 0 Å². The standard InChI is InChI=1S/C16H24F3NO/c1-3-5-6-13(4-2)11-20-12-14-7-9-15(10-8-14)21-16(17,18)19/h7-10,13,20H,3-6,11-12H2,1-2H3. The van der Waals surface area contributed by atoms with E-state index < -0.39 is 6.36 Å². The number of nitrogens with one attached hydrogen (secondary N) is 1. The van der Waals surface area contributed by atoms with Crippen LogP contribution < -0.4 is 10.1 Å². The Kier molecular flexibility index (Phi) is 7.57. The summed E-state index contributed by atoms with van der Waals surface area (Å²) in [5.41, 5.74) is 0.954. The van der Waals surface area contributed by atoms with Gasteiger partial charge in [-0.3, -0.25) is 0 Å². The molecule has 1 N–H and O–H groups in total. The number of hydrogen-bond acceptors (Lipinski definition) is 2. The molecule has 0 fully saturated rings. The van der Waals surface area contributed by atoms with Gasteiger partial charge in [-0.2, -0.15) is 0 Å². The maximum atomic E-state index is 12.0. The van der Waals surface area contributed by atoms with Gasteiger partial charge in [-0.1, -0.05) is 45.2 Å². The van der Waals surface area contributed by atoms with E-state index in [1.165, 1.54) is 31.4 Å². The summed E-state index contributed by atoms with van der Waals surface area (Å²) in [4.78, 5) is 0. The van der Waals surface area contributed by atoms with Crippen LogP contribution in [-0.2, 0) is 6.54 Å². The summed E-state index contributed by atoms with van der Waals surface area (Å²) in [5.74, 6) is 0.485. The van der Waals surface area contributed by atoms with Crippen LogP contribution in [0, 0.1) is 5.92 Å². The van der Waals surface area contributed by atoms with Gasteiger partial charge in [0.05, 0.1) is 0 Å². The molecule has 1 atom stereocenters. The first-order chi connectivity index (χ1) is 9.94. The Labute approximate surface area is 124 Å². The predicted octanol–water partition coefficient (Wildman–Crippen LogP) is 4.89. The van der Waals surface area contributed by atoms with Gasteiger partial charge in [0, 0.05) is 6.54 Å². The third-order valence-corrected chi connectivity index (χ3v) is 3.46. The highest BCUT2D eigenvalue weighted by Gasteiger charge is 2.30. The zero-order valence-corrected chi connectivity index (χ0v) is 12.7. The number of alkyl halides is 3. The lowest BCUT2D eigenvalue weighted by Crippen LogP contribution is -2.22. The number of rotatable bonds is 9. The van der Waals surface area contributed by atoms with E-state index >= 15 is 0 Å². The van der Waals surface area contributed by atoms with Crippen LogP contribution in [0.2, 0.25) is 0 Å². The van der Waals surface area contributed by atoms with E-state index in [4.69, 9.17) is 0 Å². The number of ether oxygens (including phenoxy) is 1. The summed E-state index contributed by atoms with van der Waals surface area (Å²) in [7, 11) is 0. The van der Waals surface area contributed by atoms with Gasteiger partial charge in [0.1, 0.15) is 5.75 Å². The first-order valence-electron chi connectivity index (χ1n) is 7.50. The smallest absolute Gasteiger partial charge is 0.406 e. The predicted molar refractivity (Wildman–Crippen MR) is 78.1 cm³/mol. The van der Waals surface area contributed by atoms with Gasteiger partial charge in [0.15, 0.2) is 0 Å². The summed E-state index contributed by atoms with van der Waals surface area (Å²) in [5, 5.41) is 3.37. The Morgan fingerprint density at radius 3 is 2.33 bits per heavy atom. The SMILES string of the molecule is CCCCC(CC)CNCc1ccc(OC(F)(F)F)cc1. The highest BCUT2D eigenvalue weighted by molar-refractivity contribution is 5.27. The van der Waals surface area contributed by atoms with Gasteiger partial charge in [0.25, 0.3) is 0 Å². The lowest BCUT2D eigenvalue weighted by molar-refractivity contribution is -0.274. The molecule has 0 saturated carbocycles. The van der Waals surface area contributed by atoms with Crippen molar-refractivity contribution in [2.75, 3.05) is 6.54 Å². The first-order valence-corrected chi connectivity index (χ1v) is 7.50. The molecule has 0 heterocycles. The Balaban J connectivity index is 2.35. The monoisotopic (exact) mass is 303 g/mol. The molecule has 1 aromatic rings. The van der Waals surface area contributed by atoms with Gasteiger partial charge in [-0.05, 0) is 36.6 Å². The van der Waals surface area contributed by atoms with Crippen molar-refractivity contribution in [2.45, 2.75) is 52.4 Å². The van der Waals surface area contributed by atoms with Crippen molar-refractivity contribution in [3.63, 3.8) is 0 Å². The lowest BCUT2D eigenvalue weighted by atomic mass is 9.99. The summed E-state index contributed by atoms with van der Waals surface area (Å²) in [6.07, 6.45) is 0.179. The van der Waals surface area contributed by atoms with Crippen molar-refractivity contribution >= 4 is 0 Å². The molecule has 0 radical (unpaired) electrons. The number of unbranched alkanes of at least 4 members (excludes halogenated alkanes) is 1. The highest BCUT2D eigenvalue weighted by Crippen LogP contribution is 2.22. The third kappa shape index (κ3) is 7.95. The topological polar surface area (TPSA) is 21.3 Å². The van der Waals surface area contributed by atoms with E-state index in [9.17, 15) is 13.2 Å². The fourth-order valence-electron chi connectivity index (χ4n) is 2.17. The molecule has 0 saturated heterocycles. The van der Waals surface area contributed by atoms with Crippen molar-refractivity contribution in [3.8, 4) is 5.75 Å². The number of halogens is 3. The summed E-state index contributed by atoms with van der Waals surface area (Å²) in [6, 6.07) is 6.00. The average molecular weight is 303 g/mol. The molecule has 0 aliphatic rings. The van der Waals surface area contributed by atoms with Crippen LogP contribution in [0.1, 0.15) is 45.1 Å². The Morgan fingerprint density at radius 1 is 1.14 bits per heavy atom. The van der Waals surface area contributed by atoms with Crippen LogP contribution in [0.25, 0.3) is 0 Å². The molecule has 0 aliphatic carbocycles. The molecular weight excluding hydrogens is 279 g/mol. The van der Waals surface area contributed by atoms with E-state index in [-0.39, 0.29) is 5.75 Å². The molecule has 1 aromatic carbocycles. The average Bonchev–Trinajstić information content (AvgIpc) is 2.43. The van der Waals surface area contributed by atoms with Gasteiger partial charge in [-0.15, -0.1) is 13.2 Å². The minimum absolute atomic E-state index is 0.180. The first kappa shape index (κ1) is 17.8. The second-order valence-electron chi connectivity index (χ2n) is 5.24. The highest BCUT2D eigenvalue weighted by atomic mass is 19.4. The van der Waals surface area contributed by atoms with Crippen LogP contribution in [0.5, 0.6) is 5.75 Å². The summed E-state index contributed by atoms with van der Waals surface area (Å²) < 4.78 is 40.0. The molecule has 0 amide bonds. The van der Waals surface area contributed by atoms with Crippen LogP contribution in [0.4, 0.5) is 13.2 Å². The van der Waals surface area contributed by atoms with Crippen molar-refractivity contribution in [2.24, 2.45) is 5.92 Å². The normalized spacial score (nSPS) is 13.2. The molecular formula is C16H24F3NO. The van der Waals surface area contributed by atoms with E-state index in [1.54, 1.807) is 12.1 Å². The van der Waals surface area contributed by atoms with Gasteiger partial charge < -0.3 is 10.1 Å². The zero-order chi connectivity index (χ0) is 15.7. The largest absolute Gasteiger partial charge is 0.573 e. The van der Waals surface area contributed by atoms with Crippen LogP contribution in [0.15, 0.2) is 24.3 Å². The van der Waals surface area contributed by atoms with Gasteiger partial charge in [0.2, 0.25) is 0 Å². The van der Waals surface area contributed by atoms with Crippen molar-refractivity contribution in [1.29, 1.82) is 0 Å². The second kappa shape index (κ2) is 8.93. The Hall–Kier alpha value is -1.23. The second-order valence-corrected chi connectivity index (χ2v) is 5.24. The zero-order valence-electron chi connectivity index (χ0n) is 12.7. The van der Waals surface area contributed by atoms with E-state index in [0.29, 0.717) is 12.5 Å². The fourth-order valence-corrected chi connectivity index (χ4v) is 2.17. The third-order valence-electron chi connectivity index (χ3n) is 3.46. The van der Waals surface area contributed by atoms with Gasteiger partial charge in [-0.25, -0.2) is 0 Å². The van der Waals surface area contributed by atoms with Crippen LogP contribution in [-0.4, -0.2) is 12.9 Å². The van der Waals surface area contributed by atoms with Crippen molar-refractivity contribution in [3.05, 3.63) is 29.8 Å². The molecule has 0 bridgehead atoms. The van der Waals surface area contributed by atoms with Gasteiger partial charge >= 0.3 is 6.36 Å². The molecule has 0 aliphatic heterocycles. The molecule has 0 aromatic heterocycles. The number of benzene rings is 1. The molecule has 21 heavy (non-hydrogen) atoms. The molecule has 120 valence electrons. The van der Waals surface area contributed by atoms with Crippen molar-refractivity contribution < 1.29 is 17.9 Å². The summed E-state index contributed by atoms with van der Waals surface area (Å²) >= 11 is 0. The molecule has 0 spiro atoms. The van der Waals surface area contributed by atoms with E-state index in [0.717, 1.165) is 18.5 Å². The molecule has 1 rings (SSSR count). The maximum Gasteiger partial charge on any atom is 0.573 e. The number of hydrogen-bond donors (Lipinski definition) is 1. The minimum atomic E-state index is -4.63. The summed E-state index contributed by atoms with van der Waals surface area (Å²) in [6.45, 7) is 5.97. The Morgan fingerprint density at radius 2 is 1.81 bits per heavy atom. The molecule has 5 heteroatoms. The fraction of sp³-hybridized carbons (Fsp3) is 0.625. The van der Waals surface area contributed by atoms with Crippen molar-refractivity contribution in [1.82, 2.24) is 5.32 Å². The molecule has 2 nitrogen and oxygen atoms in total. The quantitative estimate of drug-likeness (QED) is 0.701. The lowest BCUT2D eigenvalue weighted by Gasteiger charge is -2.15. The van der Waals surface area contributed by atoms with Crippen LogP contribution >= 0.6 is 0 Å².